The molecule has 116 valence electrons. The van der Waals surface area contributed by atoms with E-state index in [2.05, 4.69) is 10.6 Å². The van der Waals surface area contributed by atoms with E-state index in [1.807, 2.05) is 12.1 Å². The fourth-order valence-electron chi connectivity index (χ4n) is 1.66. The maximum absolute atomic E-state index is 11.6. The first-order valence-electron chi connectivity index (χ1n) is 6.87. The molecule has 3 N–H and O–H groups in total. The van der Waals surface area contributed by atoms with Crippen LogP contribution in [0.4, 0.5) is 4.79 Å². The van der Waals surface area contributed by atoms with Gasteiger partial charge in [-0.15, -0.1) is 0 Å². The molecule has 1 unspecified atom stereocenters. The summed E-state index contributed by atoms with van der Waals surface area (Å²) in [5.74, 6) is -0.911. The van der Waals surface area contributed by atoms with E-state index in [4.69, 9.17) is 16.7 Å². The van der Waals surface area contributed by atoms with Crippen LogP contribution in [0.1, 0.15) is 25.8 Å². The molecule has 0 aromatic heterocycles. The van der Waals surface area contributed by atoms with Gasteiger partial charge in [-0.2, -0.15) is 0 Å². The molecule has 0 fully saturated rings. The Balaban J connectivity index is 2.31. The van der Waals surface area contributed by atoms with Crippen LogP contribution in [0.25, 0.3) is 0 Å². The molecule has 1 aromatic carbocycles. The van der Waals surface area contributed by atoms with Crippen LogP contribution in [-0.4, -0.2) is 30.2 Å². The first-order valence-corrected chi connectivity index (χ1v) is 7.25. The monoisotopic (exact) mass is 312 g/mol. The quantitative estimate of drug-likeness (QED) is 0.724. The maximum Gasteiger partial charge on any atom is 0.314 e. The molecular weight excluding hydrogens is 292 g/mol. The summed E-state index contributed by atoms with van der Waals surface area (Å²) < 4.78 is 0. The third kappa shape index (κ3) is 5.63. The molecule has 1 aromatic rings. The first kappa shape index (κ1) is 17.3. The second kappa shape index (κ2) is 7.88. The lowest BCUT2D eigenvalue weighted by molar-refractivity contribution is -0.147. The molecule has 0 saturated heterocycles. The Morgan fingerprint density at radius 2 is 1.86 bits per heavy atom. The number of amides is 2. The van der Waals surface area contributed by atoms with Crippen LogP contribution in [0.2, 0.25) is 5.02 Å². The van der Waals surface area contributed by atoms with Crippen LogP contribution in [0.15, 0.2) is 24.3 Å². The summed E-state index contributed by atoms with van der Waals surface area (Å²) in [7, 11) is 0. The van der Waals surface area contributed by atoms with Crippen LogP contribution in [0, 0.1) is 5.41 Å². The minimum Gasteiger partial charge on any atom is -0.481 e. The largest absolute Gasteiger partial charge is 0.481 e. The van der Waals surface area contributed by atoms with E-state index in [0.717, 1.165) is 5.56 Å². The topological polar surface area (TPSA) is 78.4 Å². The number of rotatable bonds is 7. The lowest BCUT2D eigenvalue weighted by atomic mass is 9.88. The molecule has 0 radical (unpaired) electrons. The highest BCUT2D eigenvalue weighted by molar-refractivity contribution is 6.30. The number of carbonyl (C=O) groups excluding carboxylic acids is 1. The summed E-state index contributed by atoms with van der Waals surface area (Å²) in [5.41, 5.74) is 0.136. The third-order valence-electron chi connectivity index (χ3n) is 3.55. The minimum absolute atomic E-state index is 0.103. The second-order valence-electron chi connectivity index (χ2n) is 5.21. The highest BCUT2D eigenvalue weighted by atomic mass is 35.5. The van der Waals surface area contributed by atoms with Crippen LogP contribution >= 0.6 is 11.6 Å². The molecule has 6 heteroatoms. The van der Waals surface area contributed by atoms with Gasteiger partial charge >= 0.3 is 12.0 Å². The van der Waals surface area contributed by atoms with E-state index < -0.39 is 11.4 Å². The Kier molecular flexibility index (Phi) is 6.49. The lowest BCUT2D eigenvalue weighted by Crippen LogP contribution is -2.45. The molecule has 0 saturated carbocycles. The Bertz CT molecular complexity index is 490. The predicted molar refractivity (Wildman–Crippen MR) is 82.6 cm³/mol. The van der Waals surface area contributed by atoms with Crippen LogP contribution < -0.4 is 10.6 Å². The number of halogens is 1. The SMILES string of the molecule is CCC(C)(CNC(=O)NCCc1ccc(Cl)cc1)C(=O)O. The molecular formula is C15H21ClN2O3. The van der Waals surface area contributed by atoms with Gasteiger partial charge in [0.15, 0.2) is 0 Å². The van der Waals surface area contributed by atoms with Gasteiger partial charge < -0.3 is 15.7 Å². The van der Waals surface area contributed by atoms with Gasteiger partial charge in [0.25, 0.3) is 0 Å². The van der Waals surface area contributed by atoms with Crippen molar-refractivity contribution in [2.75, 3.05) is 13.1 Å². The predicted octanol–water partition coefficient (Wildman–Crippen LogP) is 2.68. The number of benzene rings is 1. The van der Waals surface area contributed by atoms with Crippen molar-refractivity contribution in [2.24, 2.45) is 5.41 Å². The Morgan fingerprint density at radius 3 is 2.38 bits per heavy atom. The smallest absolute Gasteiger partial charge is 0.314 e. The fourth-order valence-corrected chi connectivity index (χ4v) is 1.79. The number of hydrogen-bond donors (Lipinski definition) is 3. The van der Waals surface area contributed by atoms with Crippen molar-refractivity contribution >= 4 is 23.6 Å². The van der Waals surface area contributed by atoms with E-state index in [1.54, 1.807) is 26.0 Å². The maximum atomic E-state index is 11.6. The highest BCUT2D eigenvalue weighted by Crippen LogP contribution is 2.19. The molecule has 0 aliphatic heterocycles. The van der Waals surface area contributed by atoms with Crippen LogP contribution in [0.5, 0.6) is 0 Å². The second-order valence-corrected chi connectivity index (χ2v) is 5.64. The van der Waals surface area contributed by atoms with Crippen molar-refractivity contribution in [1.82, 2.24) is 10.6 Å². The summed E-state index contributed by atoms with van der Waals surface area (Å²) in [6.07, 6.45) is 1.14. The van der Waals surface area contributed by atoms with Crippen molar-refractivity contribution in [3.05, 3.63) is 34.9 Å². The van der Waals surface area contributed by atoms with Crippen molar-refractivity contribution in [1.29, 1.82) is 0 Å². The summed E-state index contributed by atoms with van der Waals surface area (Å²) in [6.45, 7) is 3.98. The molecule has 0 heterocycles. The fraction of sp³-hybridized carbons (Fsp3) is 0.467. The molecule has 0 aliphatic rings. The minimum atomic E-state index is -0.937. The Morgan fingerprint density at radius 1 is 1.24 bits per heavy atom. The molecule has 1 atom stereocenters. The number of aliphatic carboxylic acids is 1. The number of hydrogen-bond acceptors (Lipinski definition) is 2. The van der Waals surface area contributed by atoms with Crippen molar-refractivity contribution in [3.8, 4) is 0 Å². The van der Waals surface area contributed by atoms with E-state index in [9.17, 15) is 9.59 Å². The first-order chi connectivity index (χ1) is 9.87. The van der Waals surface area contributed by atoms with Gasteiger partial charge in [0.05, 0.1) is 5.41 Å². The van der Waals surface area contributed by atoms with E-state index >= 15 is 0 Å². The molecule has 2 amide bonds. The molecule has 5 nitrogen and oxygen atoms in total. The number of urea groups is 1. The molecule has 0 aliphatic carbocycles. The zero-order chi connectivity index (χ0) is 15.9. The van der Waals surface area contributed by atoms with Gasteiger partial charge in [-0.1, -0.05) is 30.7 Å². The number of carboxylic acid groups (broad SMARTS) is 1. The number of nitrogens with one attached hydrogen (secondary N) is 2. The Labute approximate surface area is 129 Å². The van der Waals surface area contributed by atoms with Gasteiger partial charge in [-0.25, -0.2) is 4.79 Å². The standard InChI is InChI=1S/C15H21ClN2O3/c1-3-15(2,13(19)20)10-18-14(21)17-9-8-11-4-6-12(16)7-5-11/h4-7H,3,8-10H2,1-2H3,(H,19,20)(H2,17,18,21). The zero-order valence-corrected chi connectivity index (χ0v) is 13.0. The summed E-state index contributed by atoms with van der Waals surface area (Å²) in [4.78, 5) is 22.7. The lowest BCUT2D eigenvalue weighted by Gasteiger charge is -2.23. The highest BCUT2D eigenvalue weighted by Gasteiger charge is 2.31. The van der Waals surface area contributed by atoms with Crippen LogP contribution in [0.3, 0.4) is 0 Å². The third-order valence-corrected chi connectivity index (χ3v) is 3.80. The summed E-state index contributed by atoms with van der Waals surface area (Å²) >= 11 is 5.79. The average Bonchev–Trinajstić information content (AvgIpc) is 2.46. The van der Waals surface area contributed by atoms with Gasteiger partial charge in [0, 0.05) is 18.1 Å². The number of carbonyl (C=O) groups is 2. The molecule has 0 bridgehead atoms. The van der Waals surface area contributed by atoms with Crippen molar-refractivity contribution < 1.29 is 14.7 Å². The molecule has 1 rings (SSSR count). The van der Waals surface area contributed by atoms with Gasteiger partial charge in [-0.05, 0) is 37.5 Å². The van der Waals surface area contributed by atoms with Gasteiger partial charge in [0.1, 0.15) is 0 Å². The van der Waals surface area contributed by atoms with Crippen molar-refractivity contribution in [2.45, 2.75) is 26.7 Å². The van der Waals surface area contributed by atoms with Gasteiger partial charge in [0.2, 0.25) is 0 Å². The molecule has 0 spiro atoms. The zero-order valence-electron chi connectivity index (χ0n) is 12.3. The number of carboxylic acids is 1. The van der Waals surface area contributed by atoms with E-state index in [0.29, 0.717) is 24.4 Å². The summed E-state index contributed by atoms with van der Waals surface area (Å²) in [5, 5.41) is 15.1. The van der Waals surface area contributed by atoms with E-state index in [1.165, 1.54) is 0 Å². The average molecular weight is 313 g/mol. The molecule has 21 heavy (non-hydrogen) atoms. The van der Waals surface area contributed by atoms with E-state index in [-0.39, 0.29) is 12.6 Å². The van der Waals surface area contributed by atoms with Crippen LogP contribution in [-0.2, 0) is 11.2 Å². The summed E-state index contributed by atoms with van der Waals surface area (Å²) in [6, 6.07) is 7.05. The normalized spacial score (nSPS) is 13.3. The van der Waals surface area contributed by atoms with Crippen molar-refractivity contribution in [3.63, 3.8) is 0 Å². The van der Waals surface area contributed by atoms with Gasteiger partial charge in [-0.3, -0.25) is 4.79 Å². The Hall–Kier alpha value is -1.75.